The summed E-state index contributed by atoms with van der Waals surface area (Å²) < 4.78 is 10.6. The molecule has 0 aromatic heterocycles. The molecular formula is C23H30N2O5. The number of rotatable bonds is 8. The molecule has 2 atom stereocenters. The van der Waals surface area contributed by atoms with E-state index in [-0.39, 0.29) is 19.0 Å². The molecule has 0 unspecified atom stereocenters. The largest absolute Gasteiger partial charge is 0.497 e. The number of benzene rings is 2. The van der Waals surface area contributed by atoms with Crippen LogP contribution in [0.25, 0.3) is 0 Å². The Labute approximate surface area is 177 Å². The maximum absolute atomic E-state index is 12.5. The van der Waals surface area contributed by atoms with E-state index in [1.165, 1.54) is 0 Å². The Balaban J connectivity index is 1.52. The van der Waals surface area contributed by atoms with Gasteiger partial charge in [-0.15, -0.1) is 0 Å². The van der Waals surface area contributed by atoms with Crippen molar-refractivity contribution in [1.29, 1.82) is 0 Å². The number of aliphatic hydroxyl groups excluding tert-OH is 1. The molecular weight excluding hydrogens is 384 g/mol. The second kappa shape index (κ2) is 9.93. The first-order chi connectivity index (χ1) is 14.4. The molecule has 0 spiro atoms. The molecule has 7 heteroatoms. The van der Waals surface area contributed by atoms with E-state index in [2.05, 4.69) is 5.32 Å². The number of nitrogens with one attached hydrogen (secondary N) is 1. The second-order valence-corrected chi connectivity index (χ2v) is 7.65. The van der Waals surface area contributed by atoms with E-state index < -0.39 is 11.7 Å². The summed E-state index contributed by atoms with van der Waals surface area (Å²) in [5.41, 5.74) is 0.572. The number of hydrogen-bond donors (Lipinski definition) is 3. The minimum Gasteiger partial charge on any atom is -0.497 e. The number of aliphatic hydroxyl groups is 2. The highest BCUT2D eigenvalue weighted by Crippen LogP contribution is 2.26. The van der Waals surface area contributed by atoms with Crippen LogP contribution in [0.5, 0.6) is 11.5 Å². The zero-order chi connectivity index (χ0) is 21.6. The van der Waals surface area contributed by atoms with Crippen molar-refractivity contribution < 1.29 is 24.5 Å². The number of hydrogen-bond acceptors (Lipinski definition) is 6. The van der Waals surface area contributed by atoms with E-state index in [4.69, 9.17) is 9.47 Å². The predicted molar refractivity (Wildman–Crippen MR) is 114 cm³/mol. The fourth-order valence-electron chi connectivity index (χ4n) is 3.69. The zero-order valence-corrected chi connectivity index (χ0v) is 17.5. The third kappa shape index (κ3) is 5.30. The van der Waals surface area contributed by atoms with Crippen LogP contribution in [-0.4, -0.2) is 66.6 Å². The quantitative estimate of drug-likeness (QED) is 0.604. The van der Waals surface area contributed by atoms with Gasteiger partial charge in [-0.1, -0.05) is 36.4 Å². The summed E-state index contributed by atoms with van der Waals surface area (Å²) in [6.07, 6.45) is -0.417. The molecule has 0 radical (unpaired) electrons. The van der Waals surface area contributed by atoms with Crippen molar-refractivity contribution in [2.75, 3.05) is 33.9 Å². The summed E-state index contributed by atoms with van der Waals surface area (Å²) in [6, 6.07) is 15.1. The molecule has 1 aliphatic heterocycles. The number of methoxy groups -OCH3 is 2. The van der Waals surface area contributed by atoms with Crippen LogP contribution in [0.3, 0.4) is 0 Å². The highest BCUT2D eigenvalue weighted by Gasteiger charge is 2.41. The average Bonchev–Trinajstić information content (AvgIpc) is 2.76. The Kier molecular flexibility index (Phi) is 7.31. The van der Waals surface area contributed by atoms with Gasteiger partial charge in [-0.05, 0) is 18.1 Å². The van der Waals surface area contributed by atoms with Crippen LogP contribution in [0.2, 0.25) is 0 Å². The van der Waals surface area contributed by atoms with E-state index in [0.29, 0.717) is 37.4 Å². The molecule has 3 N–H and O–H groups in total. The summed E-state index contributed by atoms with van der Waals surface area (Å²) in [4.78, 5) is 14.2. The van der Waals surface area contributed by atoms with Crippen LogP contribution < -0.4 is 14.8 Å². The molecule has 1 heterocycles. The summed E-state index contributed by atoms with van der Waals surface area (Å²) in [6.45, 7) is 1.21. The zero-order valence-electron chi connectivity index (χ0n) is 17.5. The molecule has 2 aromatic carbocycles. The molecule has 3 rings (SSSR count). The van der Waals surface area contributed by atoms with E-state index in [9.17, 15) is 15.0 Å². The van der Waals surface area contributed by atoms with Gasteiger partial charge in [0, 0.05) is 37.8 Å². The Morgan fingerprint density at radius 2 is 1.97 bits per heavy atom. The number of amides is 1. The van der Waals surface area contributed by atoms with Crippen molar-refractivity contribution in [3.63, 3.8) is 0 Å². The Hall–Kier alpha value is -2.61. The monoisotopic (exact) mass is 414 g/mol. The van der Waals surface area contributed by atoms with Gasteiger partial charge in [-0.2, -0.15) is 0 Å². The molecule has 1 aliphatic rings. The topological polar surface area (TPSA) is 91.3 Å². The third-order valence-corrected chi connectivity index (χ3v) is 5.62. The van der Waals surface area contributed by atoms with Crippen molar-refractivity contribution in [2.45, 2.75) is 31.1 Å². The van der Waals surface area contributed by atoms with Gasteiger partial charge >= 0.3 is 0 Å². The Morgan fingerprint density at radius 3 is 2.63 bits per heavy atom. The number of β-amino-alcohol motifs (C(OH)–C–C–N with tert-alkyl or cyclic N) is 1. The van der Waals surface area contributed by atoms with Crippen LogP contribution in [-0.2, 0) is 17.8 Å². The first-order valence-corrected chi connectivity index (χ1v) is 10.1. The molecule has 0 saturated carbocycles. The molecule has 30 heavy (non-hydrogen) atoms. The fourth-order valence-corrected chi connectivity index (χ4v) is 3.69. The second-order valence-electron chi connectivity index (χ2n) is 7.65. The maximum Gasteiger partial charge on any atom is 0.227 e. The lowest BCUT2D eigenvalue weighted by Gasteiger charge is -2.42. The smallest absolute Gasteiger partial charge is 0.227 e. The number of ether oxygens (including phenoxy) is 2. The van der Waals surface area contributed by atoms with Crippen molar-refractivity contribution >= 4 is 5.91 Å². The predicted octanol–water partition coefficient (Wildman–Crippen LogP) is 1.36. The van der Waals surface area contributed by atoms with E-state index >= 15 is 0 Å². The summed E-state index contributed by atoms with van der Waals surface area (Å²) in [7, 11) is 3.19. The van der Waals surface area contributed by atoms with Crippen molar-refractivity contribution in [3.8, 4) is 11.5 Å². The van der Waals surface area contributed by atoms with Gasteiger partial charge in [-0.3, -0.25) is 4.79 Å². The third-order valence-electron chi connectivity index (χ3n) is 5.62. The van der Waals surface area contributed by atoms with Gasteiger partial charge in [-0.25, -0.2) is 0 Å². The highest BCUT2D eigenvalue weighted by atomic mass is 16.5. The van der Waals surface area contributed by atoms with E-state index in [0.717, 1.165) is 11.1 Å². The summed E-state index contributed by atoms with van der Waals surface area (Å²) in [5, 5.41) is 24.7. The molecule has 2 aromatic rings. The number of carbonyl (C=O) groups is 1. The first-order valence-electron chi connectivity index (χ1n) is 10.1. The average molecular weight is 415 g/mol. The van der Waals surface area contributed by atoms with Gasteiger partial charge < -0.3 is 29.9 Å². The van der Waals surface area contributed by atoms with Crippen LogP contribution >= 0.6 is 0 Å². The van der Waals surface area contributed by atoms with E-state index in [1.54, 1.807) is 25.2 Å². The Bertz CT molecular complexity index is 845. The lowest BCUT2D eigenvalue weighted by atomic mass is 9.88. The standard InChI is InChI=1S/C23H30N2O5/c1-29-19-9-8-18(20(13-19)30-2)14-24-16-23(28)10-11-25(15-21(23)26)22(27)12-17-6-4-3-5-7-17/h3-9,13,21,24,26,28H,10-12,14-16H2,1-2H3/t21-,23-/m0/s1. The molecule has 1 amide bonds. The number of nitrogens with zero attached hydrogens (tertiary/aromatic N) is 1. The van der Waals surface area contributed by atoms with Crippen molar-refractivity contribution in [3.05, 3.63) is 59.7 Å². The summed E-state index contributed by atoms with van der Waals surface area (Å²) in [5.74, 6) is 1.35. The van der Waals surface area contributed by atoms with Gasteiger partial charge in [0.25, 0.3) is 0 Å². The molecule has 1 saturated heterocycles. The normalized spacial score (nSPS) is 21.3. The molecule has 0 bridgehead atoms. The van der Waals surface area contributed by atoms with Gasteiger partial charge in [0.2, 0.25) is 5.91 Å². The van der Waals surface area contributed by atoms with Gasteiger partial charge in [0.15, 0.2) is 0 Å². The molecule has 0 aliphatic carbocycles. The van der Waals surface area contributed by atoms with Crippen molar-refractivity contribution in [2.24, 2.45) is 0 Å². The molecule has 7 nitrogen and oxygen atoms in total. The van der Waals surface area contributed by atoms with Crippen LogP contribution in [0, 0.1) is 0 Å². The number of piperidine rings is 1. The SMILES string of the molecule is COc1ccc(CNC[C@@]2(O)CCN(C(=O)Cc3ccccc3)C[C@@H]2O)c(OC)c1. The molecule has 1 fully saturated rings. The minimum atomic E-state index is -1.29. The summed E-state index contributed by atoms with van der Waals surface area (Å²) >= 11 is 0. The fraction of sp³-hybridized carbons (Fsp3) is 0.435. The van der Waals surface area contributed by atoms with Crippen LogP contribution in [0.4, 0.5) is 0 Å². The van der Waals surface area contributed by atoms with Crippen molar-refractivity contribution in [1.82, 2.24) is 10.2 Å². The first kappa shape index (κ1) is 22.1. The number of carbonyl (C=O) groups excluding carboxylic acids is 1. The van der Waals surface area contributed by atoms with Crippen LogP contribution in [0.1, 0.15) is 17.5 Å². The highest BCUT2D eigenvalue weighted by molar-refractivity contribution is 5.79. The van der Waals surface area contributed by atoms with Gasteiger partial charge in [0.1, 0.15) is 23.2 Å². The van der Waals surface area contributed by atoms with Gasteiger partial charge in [0.05, 0.1) is 20.6 Å². The van der Waals surface area contributed by atoms with E-state index in [1.807, 2.05) is 42.5 Å². The minimum absolute atomic E-state index is 0.0433. The Morgan fingerprint density at radius 1 is 1.20 bits per heavy atom. The lowest BCUT2D eigenvalue weighted by molar-refractivity contribution is -0.148. The lowest BCUT2D eigenvalue weighted by Crippen LogP contribution is -2.60. The number of likely N-dealkylation sites (tertiary alicyclic amines) is 1. The maximum atomic E-state index is 12.5. The van der Waals surface area contributed by atoms with Crippen LogP contribution in [0.15, 0.2) is 48.5 Å². The molecule has 162 valence electrons.